The average Bonchev–Trinajstić information content (AvgIpc) is 2.28. The summed E-state index contributed by atoms with van der Waals surface area (Å²) in [7, 11) is 2.13. The van der Waals surface area contributed by atoms with E-state index in [2.05, 4.69) is 53.8 Å². The molecule has 1 aliphatic rings. The first-order chi connectivity index (χ1) is 8.08. The van der Waals surface area contributed by atoms with Crippen molar-refractivity contribution in [1.29, 1.82) is 0 Å². The number of likely N-dealkylation sites (N-methyl/N-ethyl adjacent to an activating group) is 1. The molecular formula is C13H21GeNO2. The van der Waals surface area contributed by atoms with Gasteiger partial charge in [0.2, 0.25) is 0 Å². The first kappa shape index (κ1) is 13.1. The fourth-order valence-electron chi connectivity index (χ4n) is 2.07. The topological polar surface area (TPSA) is 21.7 Å². The van der Waals surface area contributed by atoms with Crippen molar-refractivity contribution in [1.82, 2.24) is 4.90 Å². The van der Waals surface area contributed by atoms with Crippen molar-refractivity contribution in [2.24, 2.45) is 0 Å². The van der Waals surface area contributed by atoms with Crippen molar-refractivity contribution in [3.63, 3.8) is 0 Å². The standard InChI is InChI=1S/C13H21GeNO2/c1-14(2)16-10-9-15(3)13(11-17-14)12-7-5-4-6-8-12/h4-8,13H,9-11H2,1-3H3. The molecule has 0 aliphatic carbocycles. The second-order valence-electron chi connectivity index (χ2n) is 4.97. The monoisotopic (exact) mass is 297 g/mol. The second-order valence-corrected chi connectivity index (χ2v) is 12.1. The molecule has 0 aromatic heterocycles. The van der Waals surface area contributed by atoms with E-state index < -0.39 is 13.9 Å². The average molecular weight is 296 g/mol. The fourth-order valence-corrected chi connectivity index (χ4v) is 4.64. The van der Waals surface area contributed by atoms with E-state index in [1.807, 2.05) is 0 Å². The molecule has 1 saturated heterocycles. The van der Waals surface area contributed by atoms with Crippen molar-refractivity contribution in [2.45, 2.75) is 17.6 Å². The summed E-state index contributed by atoms with van der Waals surface area (Å²) in [6.07, 6.45) is 0. The Balaban J connectivity index is 2.14. The van der Waals surface area contributed by atoms with E-state index in [4.69, 9.17) is 7.53 Å². The molecule has 94 valence electrons. The first-order valence-electron chi connectivity index (χ1n) is 6.11. The predicted molar refractivity (Wildman–Crippen MR) is 71.2 cm³/mol. The summed E-state index contributed by atoms with van der Waals surface area (Å²) in [6.45, 7) is 2.50. The number of hydrogen-bond acceptors (Lipinski definition) is 3. The number of benzene rings is 1. The molecule has 0 N–H and O–H groups in total. The molecule has 3 nitrogen and oxygen atoms in total. The summed E-state index contributed by atoms with van der Waals surface area (Å²) in [5, 5.41) is 0. The van der Waals surface area contributed by atoms with Gasteiger partial charge in [-0.25, -0.2) is 0 Å². The zero-order chi connectivity index (χ0) is 12.3. The molecule has 0 saturated carbocycles. The van der Waals surface area contributed by atoms with Gasteiger partial charge in [0.05, 0.1) is 0 Å². The maximum absolute atomic E-state index is 6.03. The van der Waals surface area contributed by atoms with Gasteiger partial charge in [0.1, 0.15) is 0 Å². The molecule has 1 aromatic carbocycles. The van der Waals surface area contributed by atoms with Crippen LogP contribution in [0.3, 0.4) is 0 Å². The van der Waals surface area contributed by atoms with Gasteiger partial charge in [0.25, 0.3) is 0 Å². The molecule has 17 heavy (non-hydrogen) atoms. The van der Waals surface area contributed by atoms with Crippen LogP contribution in [0.25, 0.3) is 0 Å². The summed E-state index contributed by atoms with van der Waals surface area (Å²) in [5.74, 6) is 4.32. The van der Waals surface area contributed by atoms with Crippen molar-refractivity contribution in [3.8, 4) is 0 Å². The number of nitrogens with zero attached hydrogens (tertiary/aromatic N) is 1. The van der Waals surface area contributed by atoms with Crippen LogP contribution in [0.2, 0.25) is 11.5 Å². The quantitative estimate of drug-likeness (QED) is 0.743. The summed E-state index contributed by atoms with van der Waals surface area (Å²) in [4.78, 5) is 2.31. The Kier molecular flexibility index (Phi) is 4.25. The van der Waals surface area contributed by atoms with E-state index in [9.17, 15) is 0 Å². The second kappa shape index (κ2) is 5.52. The molecule has 1 unspecified atom stereocenters. The van der Waals surface area contributed by atoms with Gasteiger partial charge in [-0.1, -0.05) is 0 Å². The normalized spacial score (nSPS) is 26.2. The molecule has 1 heterocycles. The SMILES string of the molecule is CN1CC[O][Ge]([CH3])([CH3])[O]CC1c1ccccc1. The third-order valence-electron chi connectivity index (χ3n) is 3.20. The summed E-state index contributed by atoms with van der Waals surface area (Å²) >= 11 is -2.40. The van der Waals surface area contributed by atoms with Gasteiger partial charge in [0, 0.05) is 0 Å². The van der Waals surface area contributed by atoms with Crippen molar-refractivity contribution < 1.29 is 7.53 Å². The zero-order valence-electron chi connectivity index (χ0n) is 10.8. The van der Waals surface area contributed by atoms with Crippen molar-refractivity contribution in [3.05, 3.63) is 35.9 Å². The minimum atomic E-state index is -2.40. The number of hydrogen-bond donors (Lipinski definition) is 0. The predicted octanol–water partition coefficient (Wildman–Crippen LogP) is 2.41. The molecule has 0 radical (unpaired) electrons. The molecule has 1 atom stereocenters. The Morgan fingerprint density at radius 2 is 1.88 bits per heavy atom. The van der Waals surface area contributed by atoms with Crippen LogP contribution >= 0.6 is 0 Å². The van der Waals surface area contributed by atoms with Crippen LogP contribution in [0.1, 0.15) is 11.6 Å². The van der Waals surface area contributed by atoms with Crippen LogP contribution in [-0.4, -0.2) is 45.6 Å². The van der Waals surface area contributed by atoms with E-state index in [1.54, 1.807) is 0 Å². The van der Waals surface area contributed by atoms with Gasteiger partial charge in [-0.3, -0.25) is 0 Å². The molecule has 0 bridgehead atoms. The molecule has 0 amide bonds. The van der Waals surface area contributed by atoms with Gasteiger partial charge in [0.15, 0.2) is 0 Å². The van der Waals surface area contributed by atoms with Crippen LogP contribution in [0.5, 0.6) is 0 Å². The van der Waals surface area contributed by atoms with E-state index in [-0.39, 0.29) is 0 Å². The summed E-state index contributed by atoms with van der Waals surface area (Å²) in [6, 6.07) is 10.9. The molecule has 0 spiro atoms. The maximum atomic E-state index is 6.03. The van der Waals surface area contributed by atoms with Gasteiger partial charge in [-0.05, 0) is 0 Å². The van der Waals surface area contributed by atoms with Gasteiger partial charge >= 0.3 is 107 Å². The third kappa shape index (κ3) is 3.55. The van der Waals surface area contributed by atoms with Crippen LogP contribution in [0.4, 0.5) is 0 Å². The first-order valence-corrected chi connectivity index (χ1v) is 12.0. The molecular weight excluding hydrogens is 275 g/mol. The van der Waals surface area contributed by atoms with Crippen molar-refractivity contribution in [2.75, 3.05) is 26.8 Å². The molecule has 4 heteroatoms. The minimum absolute atomic E-state index is 0.352. The molecule has 2 rings (SSSR count). The van der Waals surface area contributed by atoms with Gasteiger partial charge < -0.3 is 0 Å². The molecule has 1 aromatic rings. The third-order valence-corrected chi connectivity index (χ3v) is 6.89. The van der Waals surface area contributed by atoms with E-state index in [0.717, 1.165) is 19.8 Å². The van der Waals surface area contributed by atoms with Gasteiger partial charge in [-0.15, -0.1) is 0 Å². The Labute approximate surface area is 107 Å². The van der Waals surface area contributed by atoms with E-state index in [1.165, 1.54) is 5.56 Å². The van der Waals surface area contributed by atoms with Crippen LogP contribution in [-0.2, 0) is 7.53 Å². The zero-order valence-corrected chi connectivity index (χ0v) is 12.9. The Bertz CT molecular complexity index is 356. The molecule has 1 aliphatic heterocycles. The summed E-state index contributed by atoms with van der Waals surface area (Å²) < 4.78 is 11.9. The van der Waals surface area contributed by atoms with Crippen molar-refractivity contribution >= 4 is 13.9 Å². The van der Waals surface area contributed by atoms with E-state index in [0.29, 0.717) is 6.04 Å². The van der Waals surface area contributed by atoms with Crippen LogP contribution in [0, 0.1) is 0 Å². The van der Waals surface area contributed by atoms with Gasteiger partial charge in [-0.2, -0.15) is 0 Å². The Morgan fingerprint density at radius 3 is 2.59 bits per heavy atom. The van der Waals surface area contributed by atoms with Crippen LogP contribution < -0.4 is 0 Å². The van der Waals surface area contributed by atoms with Crippen LogP contribution in [0.15, 0.2) is 30.3 Å². The fraction of sp³-hybridized carbons (Fsp3) is 0.538. The number of rotatable bonds is 1. The van der Waals surface area contributed by atoms with E-state index >= 15 is 0 Å². The Hall–Kier alpha value is -0.357. The Morgan fingerprint density at radius 1 is 1.18 bits per heavy atom. The summed E-state index contributed by atoms with van der Waals surface area (Å²) in [5.41, 5.74) is 1.33. The molecule has 1 fully saturated rings.